The van der Waals surface area contributed by atoms with Crippen LogP contribution in [0.2, 0.25) is 0 Å². The SMILES string of the molecule is Cc1nn(-c2ccccc2)c(C)c1C(=O)C(=O)Nc1nc2c(s1)CCC2. The van der Waals surface area contributed by atoms with Crippen LogP contribution in [0.5, 0.6) is 0 Å². The average molecular weight is 366 g/mol. The molecular weight excluding hydrogens is 348 g/mol. The maximum atomic E-state index is 12.7. The summed E-state index contributed by atoms with van der Waals surface area (Å²) in [7, 11) is 0. The van der Waals surface area contributed by atoms with Crippen LogP contribution in [0.4, 0.5) is 5.13 Å². The van der Waals surface area contributed by atoms with Gasteiger partial charge in [-0.2, -0.15) is 5.10 Å². The highest BCUT2D eigenvalue weighted by atomic mass is 32.1. The first-order chi connectivity index (χ1) is 12.5. The van der Waals surface area contributed by atoms with Gasteiger partial charge in [0, 0.05) is 4.88 Å². The second-order valence-corrected chi connectivity index (χ2v) is 7.40. The molecule has 1 aliphatic rings. The minimum atomic E-state index is -0.670. The van der Waals surface area contributed by atoms with Crippen molar-refractivity contribution in [2.75, 3.05) is 5.32 Å². The molecule has 0 radical (unpaired) electrons. The van der Waals surface area contributed by atoms with E-state index in [2.05, 4.69) is 15.4 Å². The summed E-state index contributed by atoms with van der Waals surface area (Å²) in [5.74, 6) is -1.26. The number of anilines is 1. The van der Waals surface area contributed by atoms with E-state index in [1.54, 1.807) is 18.5 Å². The maximum Gasteiger partial charge on any atom is 0.298 e. The summed E-state index contributed by atoms with van der Waals surface area (Å²) in [6.45, 7) is 3.54. The van der Waals surface area contributed by atoms with Crippen LogP contribution in [0.3, 0.4) is 0 Å². The maximum absolute atomic E-state index is 12.7. The Morgan fingerprint density at radius 3 is 2.65 bits per heavy atom. The van der Waals surface area contributed by atoms with Crippen LogP contribution in [0.1, 0.15) is 38.7 Å². The highest BCUT2D eigenvalue weighted by Crippen LogP contribution is 2.30. The molecule has 1 amide bonds. The largest absolute Gasteiger partial charge is 0.298 e. The standard InChI is InChI=1S/C19H18N4O2S/c1-11-16(12(2)23(22-11)13-7-4-3-5-8-13)17(24)18(25)21-19-20-14-9-6-10-15(14)26-19/h3-5,7-8H,6,9-10H2,1-2H3,(H,20,21,25). The van der Waals surface area contributed by atoms with Crippen molar-refractivity contribution >= 4 is 28.2 Å². The summed E-state index contributed by atoms with van der Waals surface area (Å²) in [5.41, 5.74) is 3.42. The van der Waals surface area contributed by atoms with Crippen molar-refractivity contribution in [3.8, 4) is 5.69 Å². The van der Waals surface area contributed by atoms with Crippen LogP contribution >= 0.6 is 11.3 Å². The van der Waals surface area contributed by atoms with E-state index in [0.717, 1.165) is 30.6 Å². The number of aromatic nitrogens is 3. The molecule has 2 aromatic heterocycles. The molecule has 0 fully saturated rings. The third-order valence-corrected chi connectivity index (χ3v) is 5.61. The zero-order chi connectivity index (χ0) is 18.3. The molecule has 4 rings (SSSR count). The molecule has 0 saturated carbocycles. The lowest BCUT2D eigenvalue weighted by Gasteiger charge is -2.05. The number of thiazole rings is 1. The molecule has 0 bridgehead atoms. The van der Waals surface area contributed by atoms with Gasteiger partial charge in [0.1, 0.15) is 0 Å². The second-order valence-electron chi connectivity index (χ2n) is 6.32. The van der Waals surface area contributed by atoms with E-state index < -0.39 is 11.7 Å². The van der Waals surface area contributed by atoms with Crippen LogP contribution in [0.15, 0.2) is 30.3 Å². The van der Waals surface area contributed by atoms with Gasteiger partial charge in [0.05, 0.1) is 28.3 Å². The minimum absolute atomic E-state index is 0.343. The van der Waals surface area contributed by atoms with Crippen molar-refractivity contribution in [2.24, 2.45) is 0 Å². The predicted molar refractivity (Wildman–Crippen MR) is 100 cm³/mol. The Morgan fingerprint density at radius 1 is 1.15 bits per heavy atom. The van der Waals surface area contributed by atoms with Gasteiger partial charge in [-0.25, -0.2) is 9.67 Å². The molecule has 2 heterocycles. The molecule has 1 aliphatic carbocycles. The van der Waals surface area contributed by atoms with E-state index in [1.165, 1.54) is 16.2 Å². The van der Waals surface area contributed by atoms with Gasteiger partial charge in [0.15, 0.2) is 5.13 Å². The van der Waals surface area contributed by atoms with Crippen LogP contribution in [0, 0.1) is 13.8 Å². The monoisotopic (exact) mass is 366 g/mol. The van der Waals surface area contributed by atoms with Crippen molar-refractivity contribution in [2.45, 2.75) is 33.1 Å². The summed E-state index contributed by atoms with van der Waals surface area (Å²) in [4.78, 5) is 30.8. The smallest absolute Gasteiger partial charge is 0.295 e. The van der Waals surface area contributed by atoms with E-state index >= 15 is 0 Å². The summed E-state index contributed by atoms with van der Waals surface area (Å²) in [5, 5.41) is 7.59. The van der Waals surface area contributed by atoms with Gasteiger partial charge in [-0.15, -0.1) is 11.3 Å². The van der Waals surface area contributed by atoms with E-state index in [0.29, 0.717) is 22.1 Å². The van der Waals surface area contributed by atoms with Crippen molar-refractivity contribution in [1.29, 1.82) is 0 Å². The molecule has 1 N–H and O–H groups in total. The number of carbonyl (C=O) groups is 2. The highest BCUT2D eigenvalue weighted by molar-refractivity contribution is 7.16. The van der Waals surface area contributed by atoms with Gasteiger partial charge >= 0.3 is 0 Å². The Kier molecular flexibility index (Phi) is 4.16. The molecule has 3 aromatic rings. The highest BCUT2D eigenvalue weighted by Gasteiger charge is 2.26. The van der Waals surface area contributed by atoms with Crippen molar-refractivity contribution in [3.05, 3.63) is 57.9 Å². The number of Topliss-reactive ketones (excluding diaryl/α,β-unsaturated/α-hetero) is 1. The number of nitrogens with zero attached hydrogens (tertiary/aromatic N) is 3. The van der Waals surface area contributed by atoms with Gasteiger partial charge in [-0.1, -0.05) is 18.2 Å². The first-order valence-corrected chi connectivity index (χ1v) is 9.32. The molecule has 0 aliphatic heterocycles. The van der Waals surface area contributed by atoms with Gasteiger partial charge in [0.25, 0.3) is 11.7 Å². The fourth-order valence-corrected chi connectivity index (χ4v) is 4.35. The summed E-state index contributed by atoms with van der Waals surface area (Å²) < 4.78 is 1.69. The number of amides is 1. The van der Waals surface area contributed by atoms with Crippen molar-refractivity contribution in [3.63, 3.8) is 0 Å². The summed E-state index contributed by atoms with van der Waals surface area (Å²) in [6.07, 6.45) is 3.05. The fraction of sp³-hybridized carbons (Fsp3) is 0.263. The lowest BCUT2D eigenvalue weighted by Crippen LogP contribution is -2.24. The molecule has 132 valence electrons. The van der Waals surface area contributed by atoms with E-state index in [4.69, 9.17) is 0 Å². The molecule has 0 spiro atoms. The molecule has 7 heteroatoms. The molecule has 0 unspecified atom stereocenters. The first-order valence-electron chi connectivity index (χ1n) is 8.50. The zero-order valence-corrected chi connectivity index (χ0v) is 15.4. The van der Waals surface area contributed by atoms with Crippen LogP contribution in [0.25, 0.3) is 5.69 Å². The number of nitrogens with one attached hydrogen (secondary N) is 1. The van der Waals surface area contributed by atoms with E-state index in [1.807, 2.05) is 30.3 Å². The summed E-state index contributed by atoms with van der Waals surface area (Å²) in [6, 6.07) is 9.54. The van der Waals surface area contributed by atoms with Gasteiger partial charge in [0.2, 0.25) is 0 Å². The molecular formula is C19H18N4O2S. The molecule has 0 atom stereocenters. The Morgan fingerprint density at radius 2 is 1.92 bits per heavy atom. The topological polar surface area (TPSA) is 76.9 Å². The number of hydrogen-bond donors (Lipinski definition) is 1. The number of fused-ring (bicyclic) bond motifs is 1. The lowest BCUT2D eigenvalue weighted by atomic mass is 10.1. The van der Waals surface area contributed by atoms with Crippen LogP contribution in [-0.4, -0.2) is 26.5 Å². The number of carbonyl (C=O) groups excluding carboxylic acids is 2. The minimum Gasteiger partial charge on any atom is -0.295 e. The van der Waals surface area contributed by atoms with Gasteiger partial charge in [-0.05, 0) is 45.2 Å². The predicted octanol–water partition coefficient (Wildman–Crippen LogP) is 3.26. The Hall–Kier alpha value is -2.80. The number of aryl methyl sites for hydroxylation is 3. The Bertz CT molecular complexity index is 983. The lowest BCUT2D eigenvalue weighted by molar-refractivity contribution is -0.112. The van der Waals surface area contributed by atoms with Crippen molar-refractivity contribution in [1.82, 2.24) is 14.8 Å². The van der Waals surface area contributed by atoms with Gasteiger partial charge < -0.3 is 0 Å². The van der Waals surface area contributed by atoms with E-state index in [9.17, 15) is 9.59 Å². The fourth-order valence-electron chi connectivity index (χ4n) is 3.30. The normalized spacial score (nSPS) is 12.8. The average Bonchev–Trinajstić information content (AvgIpc) is 3.29. The Balaban J connectivity index is 1.59. The third-order valence-electron chi connectivity index (χ3n) is 4.54. The van der Waals surface area contributed by atoms with Crippen LogP contribution < -0.4 is 5.32 Å². The molecule has 1 aromatic carbocycles. The first kappa shape index (κ1) is 16.7. The molecule has 6 nitrogen and oxygen atoms in total. The third kappa shape index (κ3) is 2.84. The number of ketones is 1. The number of benzene rings is 1. The number of para-hydroxylation sites is 1. The van der Waals surface area contributed by atoms with Crippen LogP contribution in [-0.2, 0) is 17.6 Å². The Labute approximate surface area is 154 Å². The van der Waals surface area contributed by atoms with Crippen molar-refractivity contribution < 1.29 is 9.59 Å². The number of rotatable bonds is 4. The van der Waals surface area contributed by atoms with Gasteiger partial charge in [-0.3, -0.25) is 14.9 Å². The molecule has 0 saturated heterocycles. The molecule has 26 heavy (non-hydrogen) atoms. The second kappa shape index (κ2) is 6.49. The summed E-state index contributed by atoms with van der Waals surface area (Å²) >= 11 is 1.46. The number of hydrogen-bond acceptors (Lipinski definition) is 5. The quantitative estimate of drug-likeness (QED) is 0.568. The zero-order valence-electron chi connectivity index (χ0n) is 14.6. The van der Waals surface area contributed by atoms with E-state index in [-0.39, 0.29) is 0 Å².